The summed E-state index contributed by atoms with van der Waals surface area (Å²) in [5, 5.41) is 5.19. The summed E-state index contributed by atoms with van der Waals surface area (Å²) in [6, 6.07) is 3.59. The van der Waals surface area contributed by atoms with Crippen molar-refractivity contribution in [3.63, 3.8) is 0 Å². The highest BCUT2D eigenvalue weighted by molar-refractivity contribution is 5.85. The van der Waals surface area contributed by atoms with Gasteiger partial charge in [-0.1, -0.05) is 19.9 Å². The molecule has 0 bridgehead atoms. The summed E-state index contributed by atoms with van der Waals surface area (Å²) in [5.41, 5.74) is 0.621. The van der Waals surface area contributed by atoms with Gasteiger partial charge in [-0.05, 0) is 30.5 Å². The highest BCUT2D eigenvalue weighted by atomic mass is 19.3. The van der Waals surface area contributed by atoms with Crippen molar-refractivity contribution in [1.82, 2.24) is 10.6 Å². The number of ether oxygens (including phenoxy) is 3. The van der Waals surface area contributed by atoms with Gasteiger partial charge in [0.05, 0.1) is 13.7 Å². The number of carbonyl (C=O) groups is 2. The van der Waals surface area contributed by atoms with Crippen LogP contribution in [0, 0.1) is 5.92 Å². The molecular weight excluding hydrogens is 350 g/mol. The van der Waals surface area contributed by atoms with E-state index in [0.717, 1.165) is 0 Å². The molecule has 1 aromatic carbocycles. The quantitative estimate of drug-likeness (QED) is 0.694. The molecule has 1 aromatic rings. The smallest absolute Gasteiger partial charge is 0.407 e. The Balaban J connectivity index is 2.73. The zero-order chi connectivity index (χ0) is 19.7. The second kappa shape index (κ2) is 10.4. The van der Waals surface area contributed by atoms with Crippen molar-refractivity contribution in [3.8, 4) is 11.5 Å². The molecule has 0 saturated heterocycles. The molecular formula is C17H24F2N2O5. The summed E-state index contributed by atoms with van der Waals surface area (Å²) in [7, 11) is 1.33. The van der Waals surface area contributed by atoms with Gasteiger partial charge in [0.15, 0.2) is 11.5 Å². The molecule has 1 atom stereocenters. The van der Waals surface area contributed by atoms with Crippen LogP contribution >= 0.6 is 0 Å². The first-order valence-corrected chi connectivity index (χ1v) is 8.11. The highest BCUT2D eigenvalue weighted by Gasteiger charge is 2.24. The fraction of sp³-hybridized carbons (Fsp3) is 0.529. The van der Waals surface area contributed by atoms with E-state index in [2.05, 4.69) is 15.4 Å². The predicted molar refractivity (Wildman–Crippen MR) is 90.3 cm³/mol. The van der Waals surface area contributed by atoms with Crippen molar-refractivity contribution in [2.45, 2.75) is 40.0 Å². The number of nitrogens with one attached hydrogen (secondary N) is 2. The van der Waals surface area contributed by atoms with Crippen LogP contribution in [-0.2, 0) is 16.1 Å². The molecule has 9 heteroatoms. The van der Waals surface area contributed by atoms with Crippen molar-refractivity contribution in [1.29, 1.82) is 0 Å². The number of hydrogen-bond donors (Lipinski definition) is 2. The molecule has 7 nitrogen and oxygen atoms in total. The van der Waals surface area contributed by atoms with E-state index < -0.39 is 18.7 Å². The Labute approximate surface area is 151 Å². The number of hydrogen-bond acceptors (Lipinski definition) is 5. The third kappa shape index (κ3) is 6.73. The van der Waals surface area contributed by atoms with Gasteiger partial charge in [-0.2, -0.15) is 8.78 Å². The van der Waals surface area contributed by atoms with Crippen molar-refractivity contribution in [3.05, 3.63) is 23.8 Å². The van der Waals surface area contributed by atoms with E-state index in [1.165, 1.54) is 25.3 Å². The maximum absolute atomic E-state index is 12.3. The van der Waals surface area contributed by atoms with Crippen LogP contribution in [0.3, 0.4) is 0 Å². The first-order chi connectivity index (χ1) is 12.3. The third-order valence-corrected chi connectivity index (χ3v) is 3.41. The Morgan fingerprint density at radius 1 is 1.19 bits per heavy atom. The summed E-state index contributed by atoms with van der Waals surface area (Å²) in [5.74, 6) is -0.514. The minimum Gasteiger partial charge on any atom is -0.493 e. The predicted octanol–water partition coefficient (Wildman–Crippen LogP) is 2.68. The van der Waals surface area contributed by atoms with E-state index in [-0.39, 0.29) is 36.5 Å². The normalized spacial score (nSPS) is 11.8. The van der Waals surface area contributed by atoms with E-state index in [1.54, 1.807) is 20.8 Å². The SMILES string of the molecule is CCOC(=O)NC(C(=O)NCc1ccc(OC(F)F)c(OC)c1)C(C)C. The van der Waals surface area contributed by atoms with E-state index in [0.29, 0.717) is 5.56 Å². The Morgan fingerprint density at radius 3 is 2.42 bits per heavy atom. The maximum Gasteiger partial charge on any atom is 0.407 e. The molecule has 0 heterocycles. The number of amides is 2. The monoisotopic (exact) mass is 374 g/mol. The summed E-state index contributed by atoms with van der Waals surface area (Å²) < 4.78 is 38.8. The molecule has 1 unspecified atom stereocenters. The molecule has 1 rings (SSSR count). The van der Waals surface area contributed by atoms with Gasteiger partial charge < -0.3 is 24.8 Å². The van der Waals surface area contributed by atoms with E-state index >= 15 is 0 Å². The lowest BCUT2D eigenvalue weighted by atomic mass is 10.0. The molecule has 0 radical (unpaired) electrons. The summed E-state index contributed by atoms with van der Waals surface area (Å²) in [4.78, 5) is 23.9. The van der Waals surface area contributed by atoms with Gasteiger partial charge >= 0.3 is 12.7 Å². The molecule has 2 N–H and O–H groups in total. The lowest BCUT2D eigenvalue weighted by Crippen LogP contribution is -2.49. The van der Waals surface area contributed by atoms with Gasteiger partial charge in [0.2, 0.25) is 5.91 Å². The number of alkyl carbamates (subject to hydrolysis) is 1. The molecule has 0 saturated carbocycles. The second-order valence-corrected chi connectivity index (χ2v) is 5.67. The largest absolute Gasteiger partial charge is 0.493 e. The van der Waals surface area contributed by atoms with Gasteiger partial charge in [-0.3, -0.25) is 4.79 Å². The van der Waals surface area contributed by atoms with Crippen LogP contribution in [0.5, 0.6) is 11.5 Å². The highest BCUT2D eigenvalue weighted by Crippen LogP contribution is 2.29. The Bertz CT molecular complexity index is 611. The lowest BCUT2D eigenvalue weighted by Gasteiger charge is -2.21. The number of rotatable bonds is 9. The van der Waals surface area contributed by atoms with E-state index in [9.17, 15) is 18.4 Å². The summed E-state index contributed by atoms with van der Waals surface area (Å²) >= 11 is 0. The zero-order valence-corrected chi connectivity index (χ0v) is 15.2. The fourth-order valence-electron chi connectivity index (χ4n) is 2.15. The van der Waals surface area contributed by atoms with Gasteiger partial charge in [-0.15, -0.1) is 0 Å². The van der Waals surface area contributed by atoms with Crippen LogP contribution in [0.25, 0.3) is 0 Å². The Morgan fingerprint density at radius 2 is 1.88 bits per heavy atom. The van der Waals surface area contributed by atoms with Gasteiger partial charge in [0, 0.05) is 6.54 Å². The first-order valence-electron chi connectivity index (χ1n) is 8.11. The average molecular weight is 374 g/mol. The molecule has 146 valence electrons. The molecule has 26 heavy (non-hydrogen) atoms. The number of carbonyl (C=O) groups excluding carboxylic acids is 2. The third-order valence-electron chi connectivity index (χ3n) is 3.41. The number of benzene rings is 1. The zero-order valence-electron chi connectivity index (χ0n) is 15.2. The van der Waals surface area contributed by atoms with Crippen molar-refractivity contribution in [2.75, 3.05) is 13.7 Å². The van der Waals surface area contributed by atoms with E-state index in [1.807, 2.05) is 0 Å². The number of halogens is 2. The molecule has 0 aromatic heterocycles. The van der Waals surface area contributed by atoms with Crippen molar-refractivity contribution >= 4 is 12.0 Å². The molecule has 0 spiro atoms. The van der Waals surface area contributed by atoms with Crippen molar-refractivity contribution < 1.29 is 32.6 Å². The van der Waals surface area contributed by atoms with Crippen LogP contribution in [0.15, 0.2) is 18.2 Å². The van der Waals surface area contributed by atoms with Gasteiger partial charge in [-0.25, -0.2) is 4.79 Å². The first kappa shape index (κ1) is 21.5. The number of methoxy groups -OCH3 is 1. The van der Waals surface area contributed by atoms with Crippen LogP contribution in [0.4, 0.5) is 13.6 Å². The van der Waals surface area contributed by atoms with E-state index in [4.69, 9.17) is 9.47 Å². The Kier molecular flexibility index (Phi) is 8.60. The standard InChI is InChI=1S/C17H24F2N2O5/c1-5-25-17(23)21-14(10(2)3)15(22)20-9-11-6-7-12(26-16(18)19)13(8-11)24-4/h6-8,10,14,16H,5,9H2,1-4H3,(H,20,22)(H,21,23). The molecule has 0 aliphatic rings. The van der Waals surface area contributed by atoms with Crippen molar-refractivity contribution in [2.24, 2.45) is 5.92 Å². The van der Waals surface area contributed by atoms with Crippen LogP contribution in [-0.4, -0.2) is 38.4 Å². The average Bonchev–Trinajstić information content (AvgIpc) is 2.58. The van der Waals surface area contributed by atoms with Gasteiger partial charge in [0.1, 0.15) is 6.04 Å². The fourth-order valence-corrected chi connectivity index (χ4v) is 2.15. The molecule has 0 aliphatic carbocycles. The number of alkyl halides is 2. The summed E-state index contributed by atoms with van der Waals surface area (Å²) in [6.45, 7) is 2.60. The van der Waals surface area contributed by atoms with Crippen LogP contribution in [0.1, 0.15) is 26.3 Å². The van der Waals surface area contributed by atoms with Crippen LogP contribution in [0.2, 0.25) is 0 Å². The maximum atomic E-state index is 12.3. The van der Waals surface area contributed by atoms with Gasteiger partial charge in [0.25, 0.3) is 0 Å². The minimum absolute atomic E-state index is 0.0957. The molecule has 0 aliphatic heterocycles. The Hall–Kier alpha value is -2.58. The minimum atomic E-state index is -2.96. The second-order valence-electron chi connectivity index (χ2n) is 5.67. The summed E-state index contributed by atoms with van der Waals surface area (Å²) in [6.07, 6.45) is -0.670. The van der Waals surface area contributed by atoms with Crippen LogP contribution < -0.4 is 20.1 Å². The topological polar surface area (TPSA) is 85.9 Å². The molecule has 0 fully saturated rings. The lowest BCUT2D eigenvalue weighted by molar-refractivity contribution is -0.124. The molecule has 2 amide bonds.